The van der Waals surface area contributed by atoms with Gasteiger partial charge in [0, 0.05) is 0 Å². The van der Waals surface area contributed by atoms with E-state index in [1.807, 2.05) is 0 Å². The summed E-state index contributed by atoms with van der Waals surface area (Å²) in [6.45, 7) is 0. The average molecular weight is 196 g/mol. The molecule has 1 heterocycles. The van der Waals surface area contributed by atoms with E-state index in [4.69, 9.17) is 0 Å². The maximum Gasteiger partial charge on any atom is 0.329 e. The molecule has 0 spiro atoms. The third-order valence-corrected chi connectivity index (χ3v) is 2.48. The number of benzene rings is 1. The number of nitrogens with zero attached hydrogens (tertiary/aromatic N) is 2. The molecule has 0 aliphatic rings. The number of rotatable bonds is 1. The van der Waals surface area contributed by atoms with E-state index in [-0.39, 0.29) is 11.4 Å². The Balaban J connectivity index is 2.88. The summed E-state index contributed by atoms with van der Waals surface area (Å²) in [7, 11) is 0. The Kier molecular flexibility index (Phi) is 1.63. The van der Waals surface area contributed by atoms with Gasteiger partial charge in [0.2, 0.25) is 0 Å². The lowest BCUT2D eigenvalue weighted by Crippen LogP contribution is -1.88. The number of nitro groups is 1. The van der Waals surface area contributed by atoms with Gasteiger partial charge in [-0.2, -0.15) is 0 Å². The Morgan fingerprint density at radius 1 is 1.54 bits per heavy atom. The monoisotopic (exact) mass is 196 g/mol. The van der Waals surface area contributed by atoms with Crippen molar-refractivity contribution in [2.75, 3.05) is 0 Å². The molecule has 0 saturated carbocycles. The lowest BCUT2D eigenvalue weighted by Gasteiger charge is -1.94. The summed E-state index contributed by atoms with van der Waals surface area (Å²) >= 11 is 1.14. The Hall–Kier alpha value is -1.69. The molecule has 13 heavy (non-hydrogen) atoms. The second-order valence-corrected chi connectivity index (χ2v) is 3.25. The van der Waals surface area contributed by atoms with Crippen LogP contribution in [0.5, 0.6) is 5.75 Å². The maximum absolute atomic E-state index is 10.6. The van der Waals surface area contributed by atoms with Crippen molar-refractivity contribution in [2.45, 2.75) is 0 Å². The first-order chi connectivity index (χ1) is 6.20. The molecule has 0 atom stereocenters. The standard InChI is InChI=1S/C7H4N2O3S/c10-5-2-1-4-7(13-3-8-4)6(5)9(11)12/h1-3,10H. The molecule has 0 aliphatic carbocycles. The molecule has 0 fully saturated rings. The molecular weight excluding hydrogens is 192 g/mol. The number of aromatic hydroxyl groups is 1. The van der Waals surface area contributed by atoms with Crippen LogP contribution in [0.15, 0.2) is 17.6 Å². The summed E-state index contributed by atoms with van der Waals surface area (Å²) in [4.78, 5) is 13.9. The molecule has 0 unspecified atom stereocenters. The highest BCUT2D eigenvalue weighted by molar-refractivity contribution is 7.17. The maximum atomic E-state index is 10.6. The lowest BCUT2D eigenvalue weighted by atomic mass is 10.3. The zero-order valence-electron chi connectivity index (χ0n) is 6.30. The summed E-state index contributed by atoms with van der Waals surface area (Å²) in [5.41, 5.74) is 1.78. The van der Waals surface area contributed by atoms with E-state index in [1.165, 1.54) is 11.6 Å². The first-order valence-corrected chi connectivity index (χ1v) is 4.27. The smallest absolute Gasteiger partial charge is 0.329 e. The minimum absolute atomic E-state index is 0.264. The summed E-state index contributed by atoms with van der Waals surface area (Å²) in [5.74, 6) is -0.318. The van der Waals surface area contributed by atoms with Crippen LogP contribution >= 0.6 is 11.3 Å². The topological polar surface area (TPSA) is 76.3 Å². The number of fused-ring (bicyclic) bond motifs is 1. The molecule has 1 N–H and O–H groups in total. The zero-order valence-corrected chi connectivity index (χ0v) is 7.11. The van der Waals surface area contributed by atoms with Gasteiger partial charge in [-0.15, -0.1) is 11.3 Å². The molecule has 0 bridgehead atoms. The summed E-state index contributed by atoms with van der Waals surface area (Å²) in [6.07, 6.45) is 0. The van der Waals surface area contributed by atoms with Crippen LogP contribution in [0.3, 0.4) is 0 Å². The normalized spacial score (nSPS) is 10.5. The number of phenolic OH excluding ortho intramolecular Hbond substituents is 1. The van der Waals surface area contributed by atoms with Crippen molar-refractivity contribution >= 4 is 27.2 Å². The highest BCUT2D eigenvalue weighted by atomic mass is 32.1. The molecular formula is C7H4N2O3S. The molecule has 0 saturated heterocycles. The van der Waals surface area contributed by atoms with Crippen LogP contribution in [0, 0.1) is 10.1 Å². The summed E-state index contributed by atoms with van der Waals surface area (Å²) in [6, 6.07) is 2.83. The third kappa shape index (κ3) is 1.11. The highest BCUT2D eigenvalue weighted by Gasteiger charge is 2.19. The molecule has 1 aromatic heterocycles. The Labute approximate surface area is 76.4 Å². The van der Waals surface area contributed by atoms with Gasteiger partial charge in [-0.1, -0.05) is 0 Å². The number of thiazole rings is 1. The molecule has 66 valence electrons. The first-order valence-electron chi connectivity index (χ1n) is 3.39. The molecule has 1 aromatic carbocycles. The van der Waals surface area contributed by atoms with Gasteiger partial charge in [0.1, 0.15) is 4.70 Å². The van der Waals surface area contributed by atoms with Crippen LogP contribution in [-0.2, 0) is 0 Å². The van der Waals surface area contributed by atoms with Crippen molar-refractivity contribution in [3.63, 3.8) is 0 Å². The fourth-order valence-corrected chi connectivity index (χ4v) is 1.88. The highest BCUT2D eigenvalue weighted by Crippen LogP contribution is 2.35. The van der Waals surface area contributed by atoms with Gasteiger partial charge >= 0.3 is 5.69 Å². The van der Waals surface area contributed by atoms with Crippen molar-refractivity contribution in [3.05, 3.63) is 27.8 Å². The van der Waals surface area contributed by atoms with E-state index < -0.39 is 4.92 Å². The second-order valence-electron chi connectivity index (χ2n) is 2.39. The van der Waals surface area contributed by atoms with E-state index >= 15 is 0 Å². The third-order valence-electron chi connectivity index (χ3n) is 1.63. The number of hydrogen-bond acceptors (Lipinski definition) is 5. The van der Waals surface area contributed by atoms with Gasteiger partial charge in [-0.25, -0.2) is 4.98 Å². The Morgan fingerprint density at radius 3 is 3.00 bits per heavy atom. The zero-order chi connectivity index (χ0) is 9.42. The molecule has 0 radical (unpaired) electrons. The van der Waals surface area contributed by atoms with Gasteiger partial charge in [0.25, 0.3) is 0 Å². The van der Waals surface area contributed by atoms with Crippen LogP contribution in [0.4, 0.5) is 5.69 Å². The lowest BCUT2D eigenvalue weighted by molar-refractivity contribution is -0.383. The first kappa shape index (κ1) is 7.93. The molecule has 6 heteroatoms. The van der Waals surface area contributed by atoms with Gasteiger partial charge < -0.3 is 5.11 Å². The van der Waals surface area contributed by atoms with Crippen LogP contribution in [0.1, 0.15) is 0 Å². The Morgan fingerprint density at radius 2 is 2.31 bits per heavy atom. The minimum atomic E-state index is -0.601. The quantitative estimate of drug-likeness (QED) is 0.558. The minimum Gasteiger partial charge on any atom is -0.502 e. The van der Waals surface area contributed by atoms with E-state index in [9.17, 15) is 15.2 Å². The molecule has 5 nitrogen and oxygen atoms in total. The number of phenols is 1. The molecule has 2 aromatic rings. The van der Waals surface area contributed by atoms with Gasteiger partial charge in [0.15, 0.2) is 5.75 Å². The van der Waals surface area contributed by atoms with E-state index in [0.717, 1.165) is 11.3 Å². The van der Waals surface area contributed by atoms with Crippen LogP contribution in [0.2, 0.25) is 0 Å². The molecule has 2 rings (SSSR count). The Bertz CT molecular complexity index is 480. The average Bonchev–Trinajstić information content (AvgIpc) is 2.50. The van der Waals surface area contributed by atoms with Crippen molar-refractivity contribution < 1.29 is 10.0 Å². The SMILES string of the molecule is O=[N+]([O-])c1c(O)ccc2ncsc12. The predicted octanol–water partition coefficient (Wildman–Crippen LogP) is 1.91. The van der Waals surface area contributed by atoms with E-state index in [1.54, 1.807) is 6.07 Å². The van der Waals surface area contributed by atoms with Gasteiger partial charge in [0.05, 0.1) is 16.0 Å². The summed E-state index contributed by atoms with van der Waals surface area (Å²) < 4.78 is 0.407. The fourth-order valence-electron chi connectivity index (χ4n) is 1.08. The molecule has 0 aliphatic heterocycles. The van der Waals surface area contributed by atoms with Crippen molar-refractivity contribution in [3.8, 4) is 5.75 Å². The second kappa shape index (κ2) is 2.67. The van der Waals surface area contributed by atoms with Crippen molar-refractivity contribution in [1.29, 1.82) is 0 Å². The van der Waals surface area contributed by atoms with E-state index in [0.29, 0.717) is 10.2 Å². The molecule has 0 amide bonds. The van der Waals surface area contributed by atoms with Crippen molar-refractivity contribution in [1.82, 2.24) is 4.98 Å². The van der Waals surface area contributed by atoms with E-state index in [2.05, 4.69) is 4.98 Å². The van der Waals surface area contributed by atoms with Gasteiger partial charge in [-0.3, -0.25) is 10.1 Å². The number of aromatic nitrogens is 1. The largest absolute Gasteiger partial charge is 0.502 e. The van der Waals surface area contributed by atoms with Crippen LogP contribution < -0.4 is 0 Å². The predicted molar refractivity (Wildman–Crippen MR) is 47.9 cm³/mol. The number of hydrogen-bond donors (Lipinski definition) is 1. The van der Waals surface area contributed by atoms with Crippen molar-refractivity contribution in [2.24, 2.45) is 0 Å². The fraction of sp³-hybridized carbons (Fsp3) is 0. The van der Waals surface area contributed by atoms with Gasteiger partial charge in [-0.05, 0) is 12.1 Å². The van der Waals surface area contributed by atoms with Crippen LogP contribution in [0.25, 0.3) is 10.2 Å². The van der Waals surface area contributed by atoms with Crippen LogP contribution in [-0.4, -0.2) is 15.0 Å². The summed E-state index contributed by atoms with van der Waals surface area (Å²) in [5, 5.41) is 19.8. The number of nitro benzene ring substituents is 1.